The van der Waals surface area contributed by atoms with Crippen molar-refractivity contribution in [2.75, 3.05) is 37.6 Å². The van der Waals surface area contributed by atoms with E-state index in [1.807, 2.05) is 18.7 Å². The number of carbonyl (C=O) groups excluding carboxylic acids is 2. The average Bonchev–Trinajstić information content (AvgIpc) is 2.88. The Hall–Kier alpha value is -2.35. The van der Waals surface area contributed by atoms with Crippen molar-refractivity contribution in [2.45, 2.75) is 58.2 Å². The Bertz CT molecular complexity index is 1080. The van der Waals surface area contributed by atoms with E-state index in [2.05, 4.69) is 27.0 Å². The fourth-order valence-electron chi connectivity index (χ4n) is 5.21. The fourth-order valence-corrected chi connectivity index (χ4v) is 5.63. The first-order valence-corrected chi connectivity index (χ1v) is 13.5. The number of benzene rings is 1. The zero-order chi connectivity index (χ0) is 25.8. The summed E-state index contributed by atoms with van der Waals surface area (Å²) < 4.78 is 0. The highest BCUT2D eigenvalue weighted by Gasteiger charge is 2.35. The zero-order valence-electron chi connectivity index (χ0n) is 21.2. The second-order valence-corrected chi connectivity index (χ2v) is 10.8. The topological polar surface area (TPSA) is 68.8 Å². The molecule has 0 unspecified atom stereocenters. The van der Waals surface area contributed by atoms with Gasteiger partial charge in [0.15, 0.2) is 0 Å². The number of anilines is 1. The van der Waals surface area contributed by atoms with Gasteiger partial charge in [-0.25, -0.2) is 4.98 Å². The number of nitrogens with one attached hydrogen (secondary N) is 1. The van der Waals surface area contributed by atoms with E-state index in [1.54, 1.807) is 36.5 Å². The van der Waals surface area contributed by atoms with Crippen LogP contribution >= 0.6 is 23.2 Å². The molecule has 1 aromatic carbocycles. The van der Waals surface area contributed by atoms with Crippen molar-refractivity contribution in [3.05, 3.63) is 57.7 Å². The molecular weight excluding hydrogens is 497 g/mol. The van der Waals surface area contributed by atoms with E-state index in [4.69, 9.17) is 23.2 Å². The van der Waals surface area contributed by atoms with E-state index in [-0.39, 0.29) is 19.3 Å². The lowest BCUT2D eigenvalue weighted by molar-refractivity contribution is 0.0490. The fraction of sp³-hybridized carbons (Fsp3) is 0.519. The van der Waals surface area contributed by atoms with E-state index in [1.165, 1.54) is 0 Å². The highest BCUT2D eigenvalue weighted by atomic mass is 35.5. The standard InChI is InChI=1S/C27H35Cl2N5O2.H2/c1-4-22-17-33(25-24(29)15-20(16-30-25)26(35)31-18(2)3)13-14-34(22)23-9-11-32(12-10-23)27(36)19-5-7-21(28)8-6-19;/h5-8,15-16,18,22-23H,4,9-14,17H2,1-3H3,(H,31,35);1H/t22-;/m0./s1. The van der Waals surface area contributed by atoms with E-state index < -0.39 is 0 Å². The molecule has 2 aromatic rings. The van der Waals surface area contributed by atoms with Crippen LogP contribution in [0.25, 0.3) is 0 Å². The third-order valence-corrected chi connectivity index (χ3v) is 7.64. The third-order valence-electron chi connectivity index (χ3n) is 7.11. The second kappa shape index (κ2) is 11.8. The van der Waals surface area contributed by atoms with Gasteiger partial charge in [-0.1, -0.05) is 30.1 Å². The summed E-state index contributed by atoms with van der Waals surface area (Å²) in [5.74, 6) is 0.649. The van der Waals surface area contributed by atoms with E-state index in [9.17, 15) is 9.59 Å². The van der Waals surface area contributed by atoms with Gasteiger partial charge in [0.25, 0.3) is 11.8 Å². The van der Waals surface area contributed by atoms with Gasteiger partial charge in [0.1, 0.15) is 5.82 Å². The predicted octanol–water partition coefficient (Wildman–Crippen LogP) is 4.98. The first-order chi connectivity index (χ1) is 17.3. The molecule has 0 aliphatic carbocycles. The van der Waals surface area contributed by atoms with Crippen LogP contribution in [0.4, 0.5) is 5.82 Å². The molecule has 36 heavy (non-hydrogen) atoms. The summed E-state index contributed by atoms with van der Waals surface area (Å²) in [4.78, 5) is 36.6. The van der Waals surface area contributed by atoms with Crippen LogP contribution < -0.4 is 10.2 Å². The molecule has 1 aromatic heterocycles. The molecule has 7 nitrogen and oxygen atoms in total. The normalized spacial score (nSPS) is 19.6. The molecule has 2 saturated heterocycles. The first-order valence-electron chi connectivity index (χ1n) is 12.8. The molecule has 2 fully saturated rings. The van der Waals surface area contributed by atoms with Gasteiger partial charge in [-0.05, 0) is 63.4 Å². The number of amides is 2. The molecule has 2 aliphatic rings. The molecule has 9 heteroatoms. The summed E-state index contributed by atoms with van der Waals surface area (Å²) in [6.07, 6.45) is 4.57. The molecule has 1 atom stereocenters. The van der Waals surface area contributed by atoms with Crippen LogP contribution in [0, 0.1) is 0 Å². The molecule has 0 bridgehead atoms. The highest BCUT2D eigenvalue weighted by molar-refractivity contribution is 6.33. The number of carbonyl (C=O) groups is 2. The number of halogens is 2. The predicted molar refractivity (Wildman–Crippen MR) is 147 cm³/mol. The van der Waals surface area contributed by atoms with Crippen LogP contribution in [0.3, 0.4) is 0 Å². The van der Waals surface area contributed by atoms with Crippen molar-refractivity contribution < 1.29 is 11.0 Å². The average molecular weight is 535 g/mol. The van der Waals surface area contributed by atoms with E-state index >= 15 is 0 Å². The smallest absolute Gasteiger partial charge is 0.253 e. The first kappa shape index (κ1) is 26.7. The summed E-state index contributed by atoms with van der Waals surface area (Å²) in [5, 5.41) is 4.02. The van der Waals surface area contributed by atoms with Crippen molar-refractivity contribution in [1.29, 1.82) is 0 Å². The van der Waals surface area contributed by atoms with Gasteiger partial charge in [0.2, 0.25) is 0 Å². The van der Waals surface area contributed by atoms with Gasteiger partial charge >= 0.3 is 0 Å². The van der Waals surface area contributed by atoms with Gasteiger partial charge in [-0.2, -0.15) is 0 Å². The van der Waals surface area contributed by atoms with Crippen LogP contribution in [0.5, 0.6) is 0 Å². The van der Waals surface area contributed by atoms with Gasteiger partial charge in [0, 0.05) is 69.1 Å². The maximum Gasteiger partial charge on any atom is 0.253 e. The number of hydrogen-bond acceptors (Lipinski definition) is 5. The summed E-state index contributed by atoms with van der Waals surface area (Å²) in [6.45, 7) is 10.2. The van der Waals surface area contributed by atoms with Crippen LogP contribution in [-0.2, 0) is 0 Å². The van der Waals surface area contributed by atoms with Crippen molar-refractivity contribution >= 4 is 40.8 Å². The van der Waals surface area contributed by atoms with Crippen molar-refractivity contribution in [3.63, 3.8) is 0 Å². The quantitative estimate of drug-likeness (QED) is 0.567. The Morgan fingerprint density at radius 3 is 2.39 bits per heavy atom. The van der Waals surface area contributed by atoms with Crippen molar-refractivity contribution in [1.82, 2.24) is 20.1 Å². The van der Waals surface area contributed by atoms with Crippen LogP contribution in [0.1, 0.15) is 62.2 Å². The number of hydrogen-bond donors (Lipinski definition) is 1. The van der Waals surface area contributed by atoms with Crippen molar-refractivity contribution in [2.24, 2.45) is 0 Å². The lowest BCUT2D eigenvalue weighted by Gasteiger charge is -2.47. The number of nitrogens with zero attached hydrogens (tertiary/aromatic N) is 4. The second-order valence-electron chi connectivity index (χ2n) is 9.93. The molecule has 3 heterocycles. The summed E-state index contributed by atoms with van der Waals surface area (Å²) in [6, 6.07) is 9.72. The third kappa shape index (κ3) is 6.13. The summed E-state index contributed by atoms with van der Waals surface area (Å²) in [5.41, 5.74) is 1.16. The van der Waals surface area contributed by atoms with Gasteiger partial charge in [0.05, 0.1) is 10.6 Å². The van der Waals surface area contributed by atoms with E-state index in [0.717, 1.165) is 57.8 Å². The Kier molecular flexibility index (Phi) is 8.75. The maximum atomic E-state index is 12.9. The number of likely N-dealkylation sites (tertiary alicyclic amines) is 1. The summed E-state index contributed by atoms with van der Waals surface area (Å²) in [7, 11) is 0. The molecule has 4 rings (SSSR count). The Labute approximate surface area is 225 Å². The van der Waals surface area contributed by atoms with Gasteiger partial charge < -0.3 is 15.1 Å². The monoisotopic (exact) mass is 533 g/mol. The lowest BCUT2D eigenvalue weighted by atomic mass is 9.97. The summed E-state index contributed by atoms with van der Waals surface area (Å²) >= 11 is 12.5. The van der Waals surface area contributed by atoms with Crippen LogP contribution in [-0.4, -0.2) is 77.4 Å². The Morgan fingerprint density at radius 1 is 1.08 bits per heavy atom. The molecule has 1 N–H and O–H groups in total. The lowest BCUT2D eigenvalue weighted by Crippen LogP contribution is -2.58. The van der Waals surface area contributed by atoms with Gasteiger partial charge in [-0.3, -0.25) is 14.5 Å². The maximum absolute atomic E-state index is 12.9. The number of piperidine rings is 1. The number of aromatic nitrogens is 1. The van der Waals surface area contributed by atoms with E-state index in [0.29, 0.717) is 33.3 Å². The van der Waals surface area contributed by atoms with Crippen molar-refractivity contribution in [3.8, 4) is 0 Å². The Balaban J connectivity index is 0.00000380. The largest absolute Gasteiger partial charge is 0.353 e. The number of rotatable bonds is 6. The molecule has 0 radical (unpaired) electrons. The minimum Gasteiger partial charge on any atom is -0.353 e. The minimum atomic E-state index is -0.164. The van der Waals surface area contributed by atoms with Crippen LogP contribution in [0.15, 0.2) is 36.5 Å². The Morgan fingerprint density at radius 2 is 1.78 bits per heavy atom. The zero-order valence-corrected chi connectivity index (χ0v) is 22.7. The molecule has 0 spiro atoms. The number of piperazine rings is 1. The number of pyridine rings is 1. The molecule has 2 amide bonds. The molecule has 196 valence electrons. The SMILES string of the molecule is CC[C@H]1CN(c2ncc(C(=O)NC(C)C)cc2Cl)CCN1C1CCN(C(=O)c2ccc(Cl)cc2)CC1.[HH]. The van der Waals surface area contributed by atoms with Gasteiger partial charge in [-0.15, -0.1) is 0 Å². The molecule has 2 aliphatic heterocycles. The molecular formula is C27H37Cl2N5O2. The molecule has 0 saturated carbocycles. The minimum absolute atomic E-state index is 0. The highest BCUT2D eigenvalue weighted by Crippen LogP contribution is 2.30. The van der Waals surface area contributed by atoms with Crippen LogP contribution in [0.2, 0.25) is 10.0 Å².